The number of carbonyl (C=O) groups is 1. The number of hydrogen-bond donors (Lipinski definition) is 1. The molecule has 2 aromatic rings. The highest BCUT2D eigenvalue weighted by Crippen LogP contribution is 2.35. The molecule has 0 bridgehead atoms. The molecule has 1 fully saturated rings. The van der Waals surface area contributed by atoms with Crippen LogP contribution in [0.4, 0.5) is 0 Å². The number of rotatable bonds is 7. The molecule has 1 N–H and O–H groups in total. The van der Waals surface area contributed by atoms with Gasteiger partial charge < -0.3 is 9.84 Å². The second-order valence-electron chi connectivity index (χ2n) is 8.27. The number of benzene rings is 1. The minimum atomic E-state index is -0.463. The summed E-state index contributed by atoms with van der Waals surface area (Å²) in [4.78, 5) is 15.2. The normalized spacial score (nSPS) is 20.7. The summed E-state index contributed by atoms with van der Waals surface area (Å²) in [5.41, 5.74) is 2.98. The molecule has 1 atom stereocenters. The average Bonchev–Trinajstić information content (AvgIpc) is 3.30. The highest BCUT2D eigenvalue weighted by atomic mass is 16.5. The molecule has 0 spiro atoms. The van der Waals surface area contributed by atoms with Crippen LogP contribution in [0.25, 0.3) is 6.08 Å². The van der Waals surface area contributed by atoms with Crippen molar-refractivity contribution in [3.8, 4) is 0 Å². The van der Waals surface area contributed by atoms with Crippen molar-refractivity contribution in [1.29, 1.82) is 0 Å². The van der Waals surface area contributed by atoms with Crippen LogP contribution in [0.5, 0.6) is 0 Å². The van der Waals surface area contributed by atoms with Gasteiger partial charge in [0.1, 0.15) is 5.76 Å². The molecule has 1 aliphatic rings. The third-order valence-electron chi connectivity index (χ3n) is 5.51. The number of likely N-dealkylation sites (tertiary alicyclic amines) is 1. The third-order valence-corrected chi connectivity index (χ3v) is 5.51. The van der Waals surface area contributed by atoms with Gasteiger partial charge >= 0.3 is 0 Å². The average molecular weight is 382 g/mol. The number of nitrogens with one attached hydrogen (secondary N) is 1. The van der Waals surface area contributed by atoms with Gasteiger partial charge in [0.2, 0.25) is 5.91 Å². The minimum Gasteiger partial charge on any atom is -0.361 e. The first-order valence-corrected chi connectivity index (χ1v) is 10.0. The van der Waals surface area contributed by atoms with Crippen molar-refractivity contribution in [3.05, 3.63) is 59.0 Å². The molecular formula is C23H31N3O2. The van der Waals surface area contributed by atoms with Gasteiger partial charge in [-0.05, 0) is 31.4 Å². The maximum absolute atomic E-state index is 12.8. The number of amides is 1. The van der Waals surface area contributed by atoms with Crippen LogP contribution in [-0.4, -0.2) is 42.6 Å². The van der Waals surface area contributed by atoms with E-state index in [1.165, 1.54) is 11.1 Å². The summed E-state index contributed by atoms with van der Waals surface area (Å²) < 4.78 is 5.54. The van der Waals surface area contributed by atoms with Crippen LogP contribution in [0, 0.1) is 5.41 Å². The fourth-order valence-electron chi connectivity index (χ4n) is 4.02. The van der Waals surface area contributed by atoms with Crippen LogP contribution in [0.2, 0.25) is 0 Å². The summed E-state index contributed by atoms with van der Waals surface area (Å²) in [5.74, 6) is 1.20. The fraction of sp³-hybridized carbons (Fsp3) is 0.478. The van der Waals surface area contributed by atoms with E-state index >= 15 is 0 Å². The summed E-state index contributed by atoms with van der Waals surface area (Å²) in [5, 5.41) is 7.03. The lowest BCUT2D eigenvalue weighted by atomic mass is 9.81. The van der Waals surface area contributed by atoms with Gasteiger partial charge in [-0.15, -0.1) is 0 Å². The van der Waals surface area contributed by atoms with Gasteiger partial charge in [-0.25, -0.2) is 0 Å². The Balaban J connectivity index is 1.71. The standard InChI is InChI=1S/C23H31N3O2/c1-17(2)21-13-20(28-25-21)14-23(22(27)24-4)10-11-26(16-23)15-18(3)12-19-8-6-5-7-9-19/h5-9,12-13,17H,10-11,14-16H2,1-4H3,(H,24,27)/b18-12+. The molecule has 1 unspecified atom stereocenters. The summed E-state index contributed by atoms with van der Waals surface area (Å²) in [6, 6.07) is 12.3. The summed E-state index contributed by atoms with van der Waals surface area (Å²) in [6.45, 7) is 8.83. The predicted molar refractivity (Wildman–Crippen MR) is 112 cm³/mol. The molecule has 0 aliphatic carbocycles. The van der Waals surface area contributed by atoms with Gasteiger partial charge in [0.05, 0.1) is 11.1 Å². The second-order valence-corrected chi connectivity index (χ2v) is 8.27. The van der Waals surface area contributed by atoms with E-state index in [0.29, 0.717) is 12.3 Å². The Labute approximate surface area is 167 Å². The van der Waals surface area contributed by atoms with Crippen molar-refractivity contribution < 1.29 is 9.32 Å². The van der Waals surface area contributed by atoms with Crippen LogP contribution >= 0.6 is 0 Å². The van der Waals surface area contributed by atoms with Crippen molar-refractivity contribution >= 4 is 12.0 Å². The molecule has 5 nitrogen and oxygen atoms in total. The largest absolute Gasteiger partial charge is 0.361 e. The quantitative estimate of drug-likeness (QED) is 0.791. The first kappa shape index (κ1) is 20.3. The lowest BCUT2D eigenvalue weighted by Crippen LogP contribution is -2.43. The van der Waals surface area contributed by atoms with Gasteiger partial charge in [0.25, 0.3) is 0 Å². The third kappa shape index (κ3) is 4.71. The Hall–Kier alpha value is -2.40. The Morgan fingerprint density at radius 3 is 2.75 bits per heavy atom. The maximum Gasteiger partial charge on any atom is 0.227 e. The Morgan fingerprint density at radius 1 is 1.36 bits per heavy atom. The van der Waals surface area contributed by atoms with Gasteiger partial charge in [0.15, 0.2) is 0 Å². The van der Waals surface area contributed by atoms with Gasteiger partial charge in [-0.1, -0.05) is 61.0 Å². The summed E-state index contributed by atoms with van der Waals surface area (Å²) in [7, 11) is 1.72. The van der Waals surface area contributed by atoms with Gasteiger partial charge in [-0.3, -0.25) is 9.69 Å². The van der Waals surface area contributed by atoms with Crippen molar-refractivity contribution in [2.45, 2.75) is 39.5 Å². The SMILES string of the molecule is CNC(=O)C1(Cc2cc(C(C)C)no2)CCN(C/C(C)=C/c2ccccc2)C1. The molecule has 5 heteroatoms. The minimum absolute atomic E-state index is 0.0854. The van der Waals surface area contributed by atoms with Crippen LogP contribution in [-0.2, 0) is 11.2 Å². The first-order chi connectivity index (χ1) is 13.4. The molecule has 0 saturated carbocycles. The molecule has 150 valence electrons. The van der Waals surface area contributed by atoms with E-state index in [9.17, 15) is 4.79 Å². The van der Waals surface area contributed by atoms with Crippen LogP contribution in [0.1, 0.15) is 50.1 Å². The predicted octanol–water partition coefficient (Wildman–Crippen LogP) is 3.88. The smallest absolute Gasteiger partial charge is 0.227 e. The molecule has 1 aliphatic heterocycles. The molecule has 0 radical (unpaired) electrons. The zero-order valence-electron chi connectivity index (χ0n) is 17.4. The highest BCUT2D eigenvalue weighted by Gasteiger charge is 2.45. The summed E-state index contributed by atoms with van der Waals surface area (Å²) in [6.07, 6.45) is 3.62. The van der Waals surface area contributed by atoms with Gasteiger partial charge in [0, 0.05) is 32.6 Å². The van der Waals surface area contributed by atoms with E-state index < -0.39 is 5.41 Å². The summed E-state index contributed by atoms with van der Waals surface area (Å²) >= 11 is 0. The molecule has 1 amide bonds. The second kappa shape index (κ2) is 8.74. The molecule has 1 saturated heterocycles. The number of aromatic nitrogens is 1. The first-order valence-electron chi connectivity index (χ1n) is 10.0. The van der Waals surface area contributed by atoms with E-state index in [0.717, 1.165) is 37.5 Å². The molecule has 2 heterocycles. The Morgan fingerprint density at radius 2 is 2.11 bits per heavy atom. The van der Waals surface area contributed by atoms with Crippen LogP contribution in [0.3, 0.4) is 0 Å². The lowest BCUT2D eigenvalue weighted by molar-refractivity contribution is -0.130. The van der Waals surface area contributed by atoms with Crippen molar-refractivity contribution in [2.24, 2.45) is 5.41 Å². The number of nitrogens with zero attached hydrogens (tertiary/aromatic N) is 2. The monoisotopic (exact) mass is 381 g/mol. The highest BCUT2D eigenvalue weighted by molar-refractivity contribution is 5.83. The van der Waals surface area contributed by atoms with Crippen LogP contribution in [0.15, 0.2) is 46.5 Å². The molecule has 3 rings (SSSR count). The zero-order valence-corrected chi connectivity index (χ0v) is 17.4. The van der Waals surface area contributed by atoms with Crippen molar-refractivity contribution in [1.82, 2.24) is 15.4 Å². The van der Waals surface area contributed by atoms with E-state index in [1.807, 2.05) is 24.3 Å². The Bertz CT molecular complexity index is 825. The number of carbonyl (C=O) groups excluding carboxylic acids is 1. The van der Waals surface area contributed by atoms with E-state index in [-0.39, 0.29) is 5.91 Å². The fourth-order valence-corrected chi connectivity index (χ4v) is 4.02. The molecule has 1 aromatic heterocycles. The zero-order chi connectivity index (χ0) is 20.1. The van der Waals surface area contributed by atoms with E-state index in [1.54, 1.807) is 7.05 Å². The van der Waals surface area contributed by atoms with Crippen molar-refractivity contribution in [3.63, 3.8) is 0 Å². The molecular weight excluding hydrogens is 350 g/mol. The van der Waals surface area contributed by atoms with E-state index in [2.05, 4.69) is 54.4 Å². The van der Waals surface area contributed by atoms with Gasteiger partial charge in [-0.2, -0.15) is 0 Å². The maximum atomic E-state index is 12.8. The number of hydrogen-bond acceptors (Lipinski definition) is 4. The van der Waals surface area contributed by atoms with E-state index in [4.69, 9.17) is 4.52 Å². The Kier molecular flexibility index (Phi) is 6.35. The van der Waals surface area contributed by atoms with Crippen LogP contribution < -0.4 is 5.32 Å². The molecule has 1 aromatic carbocycles. The topological polar surface area (TPSA) is 58.4 Å². The van der Waals surface area contributed by atoms with Crippen molar-refractivity contribution in [2.75, 3.05) is 26.7 Å². The lowest BCUT2D eigenvalue weighted by Gasteiger charge is -2.26. The molecule has 28 heavy (non-hydrogen) atoms.